The van der Waals surface area contributed by atoms with E-state index < -0.39 is 0 Å². The summed E-state index contributed by atoms with van der Waals surface area (Å²) in [6.45, 7) is 4.55. The van der Waals surface area contributed by atoms with E-state index in [1.807, 2.05) is 24.8 Å². The highest BCUT2D eigenvalue weighted by atomic mass is 32.2. The lowest BCUT2D eigenvalue weighted by Crippen LogP contribution is -2.33. The molecule has 2 nitrogen and oxygen atoms in total. The van der Waals surface area contributed by atoms with Crippen molar-refractivity contribution >= 4 is 17.7 Å². The minimum Gasteiger partial charge on any atom is -0.326 e. The number of hydrogen-bond donors (Lipinski definition) is 0. The van der Waals surface area contributed by atoms with Crippen LogP contribution >= 0.6 is 11.8 Å². The fourth-order valence-electron chi connectivity index (χ4n) is 1.96. The molecule has 17 heavy (non-hydrogen) atoms. The van der Waals surface area contributed by atoms with Crippen molar-refractivity contribution in [2.24, 2.45) is 5.92 Å². The smallest absolute Gasteiger partial charge is 0.226 e. The molecule has 4 heteroatoms. The molecule has 1 aliphatic heterocycles. The fourth-order valence-corrected chi connectivity index (χ4v) is 3.22. The molecule has 1 atom stereocenters. The molecular weight excluding hydrogens is 237 g/mol. The predicted octanol–water partition coefficient (Wildman–Crippen LogP) is 3.06. The normalized spacial score (nSPS) is 20.0. The number of benzene rings is 1. The van der Waals surface area contributed by atoms with Crippen LogP contribution in [0.2, 0.25) is 0 Å². The number of thioether (sulfide) groups is 1. The molecule has 1 aromatic rings. The first kappa shape index (κ1) is 12.4. The van der Waals surface area contributed by atoms with Gasteiger partial charge in [0.25, 0.3) is 0 Å². The van der Waals surface area contributed by atoms with Crippen molar-refractivity contribution in [3.63, 3.8) is 0 Å². The van der Waals surface area contributed by atoms with Gasteiger partial charge in [-0.2, -0.15) is 0 Å². The molecule has 0 saturated carbocycles. The summed E-state index contributed by atoms with van der Waals surface area (Å²) in [6, 6.07) is 6.52. The number of carbonyl (C=O) groups excluding carboxylic acids is 1. The molecular formula is C13H16FNOS. The van der Waals surface area contributed by atoms with Crippen LogP contribution in [0.4, 0.5) is 4.39 Å². The monoisotopic (exact) mass is 253 g/mol. The Morgan fingerprint density at radius 3 is 2.94 bits per heavy atom. The van der Waals surface area contributed by atoms with Gasteiger partial charge in [-0.15, -0.1) is 11.8 Å². The highest BCUT2D eigenvalue weighted by Crippen LogP contribution is 2.38. The first-order valence-electron chi connectivity index (χ1n) is 5.77. The number of rotatable bonds is 2. The summed E-state index contributed by atoms with van der Waals surface area (Å²) < 4.78 is 13.2. The molecule has 0 N–H and O–H groups in total. The zero-order chi connectivity index (χ0) is 12.4. The van der Waals surface area contributed by atoms with Gasteiger partial charge in [0.2, 0.25) is 5.91 Å². The SMILES string of the molecule is CC(C)C(=O)N1CCS[C@H]1c1cccc(F)c1. The molecule has 0 aromatic heterocycles. The highest BCUT2D eigenvalue weighted by molar-refractivity contribution is 7.99. The Hall–Kier alpha value is -1.03. The second-order valence-electron chi connectivity index (χ2n) is 4.46. The number of halogens is 1. The summed E-state index contributed by atoms with van der Waals surface area (Å²) in [5.74, 6) is 0.806. The van der Waals surface area contributed by atoms with Gasteiger partial charge in [0.05, 0.1) is 0 Å². The van der Waals surface area contributed by atoms with E-state index in [-0.39, 0.29) is 23.0 Å². The summed E-state index contributed by atoms with van der Waals surface area (Å²) in [4.78, 5) is 13.9. The Morgan fingerprint density at radius 2 is 2.29 bits per heavy atom. The number of hydrogen-bond acceptors (Lipinski definition) is 2. The molecule has 2 rings (SSSR count). The van der Waals surface area contributed by atoms with E-state index in [9.17, 15) is 9.18 Å². The fraction of sp³-hybridized carbons (Fsp3) is 0.462. The molecule has 1 saturated heterocycles. The van der Waals surface area contributed by atoms with Gasteiger partial charge in [-0.3, -0.25) is 4.79 Å². The van der Waals surface area contributed by atoms with Gasteiger partial charge >= 0.3 is 0 Å². The summed E-state index contributed by atoms with van der Waals surface area (Å²) in [7, 11) is 0. The van der Waals surface area contributed by atoms with Crippen LogP contribution in [0.15, 0.2) is 24.3 Å². The molecule has 1 fully saturated rings. The van der Waals surface area contributed by atoms with E-state index in [4.69, 9.17) is 0 Å². The molecule has 0 spiro atoms. The van der Waals surface area contributed by atoms with Crippen molar-refractivity contribution in [3.05, 3.63) is 35.6 Å². The Morgan fingerprint density at radius 1 is 1.53 bits per heavy atom. The van der Waals surface area contributed by atoms with Crippen LogP contribution < -0.4 is 0 Å². The molecule has 92 valence electrons. The molecule has 1 amide bonds. The lowest BCUT2D eigenvalue weighted by Gasteiger charge is -2.25. The van der Waals surface area contributed by atoms with Gasteiger partial charge in [0.15, 0.2) is 0 Å². The standard InChI is InChI=1S/C13H16FNOS/c1-9(2)12(16)15-6-7-17-13(15)10-4-3-5-11(14)8-10/h3-5,8-9,13H,6-7H2,1-2H3/t13-/m0/s1. The van der Waals surface area contributed by atoms with E-state index in [2.05, 4.69) is 0 Å². The first-order valence-corrected chi connectivity index (χ1v) is 6.82. The van der Waals surface area contributed by atoms with Crippen LogP contribution in [-0.2, 0) is 4.79 Å². The van der Waals surface area contributed by atoms with Gasteiger partial charge in [-0.1, -0.05) is 26.0 Å². The maximum atomic E-state index is 13.2. The highest BCUT2D eigenvalue weighted by Gasteiger charge is 2.31. The van der Waals surface area contributed by atoms with Crippen molar-refractivity contribution in [1.29, 1.82) is 0 Å². The Balaban J connectivity index is 2.23. The Bertz CT molecular complexity index is 422. The molecule has 1 aliphatic rings. The molecule has 0 aliphatic carbocycles. The van der Waals surface area contributed by atoms with Crippen LogP contribution in [0, 0.1) is 11.7 Å². The minimum absolute atomic E-state index is 0.00948. The Labute approximate surface area is 105 Å². The van der Waals surface area contributed by atoms with E-state index in [1.54, 1.807) is 17.8 Å². The van der Waals surface area contributed by atoms with E-state index in [0.29, 0.717) is 0 Å². The second kappa shape index (κ2) is 5.08. The van der Waals surface area contributed by atoms with Crippen LogP contribution in [0.3, 0.4) is 0 Å². The average molecular weight is 253 g/mol. The minimum atomic E-state index is -0.244. The Kier molecular flexibility index (Phi) is 3.72. The van der Waals surface area contributed by atoms with Gasteiger partial charge in [0, 0.05) is 18.2 Å². The lowest BCUT2D eigenvalue weighted by molar-refractivity contribution is -0.134. The zero-order valence-corrected chi connectivity index (χ0v) is 10.8. The maximum Gasteiger partial charge on any atom is 0.226 e. The molecule has 0 unspecified atom stereocenters. The second-order valence-corrected chi connectivity index (χ2v) is 5.65. The summed E-state index contributed by atoms with van der Waals surface area (Å²) in [5.41, 5.74) is 0.876. The van der Waals surface area contributed by atoms with Crippen LogP contribution in [-0.4, -0.2) is 23.1 Å². The summed E-state index contributed by atoms with van der Waals surface area (Å²) >= 11 is 1.70. The third-order valence-electron chi connectivity index (χ3n) is 2.80. The van der Waals surface area contributed by atoms with Crippen molar-refractivity contribution in [1.82, 2.24) is 4.90 Å². The third-order valence-corrected chi connectivity index (χ3v) is 4.06. The van der Waals surface area contributed by atoms with Crippen molar-refractivity contribution in [3.8, 4) is 0 Å². The average Bonchev–Trinajstić information content (AvgIpc) is 2.76. The molecule has 1 heterocycles. The van der Waals surface area contributed by atoms with Gasteiger partial charge < -0.3 is 4.90 Å². The predicted molar refractivity (Wildman–Crippen MR) is 68.2 cm³/mol. The number of amides is 1. The van der Waals surface area contributed by atoms with Gasteiger partial charge in [-0.05, 0) is 17.7 Å². The van der Waals surface area contributed by atoms with Crippen LogP contribution in [0.1, 0.15) is 24.8 Å². The van der Waals surface area contributed by atoms with Crippen LogP contribution in [0.5, 0.6) is 0 Å². The van der Waals surface area contributed by atoms with E-state index in [0.717, 1.165) is 17.9 Å². The molecule has 0 bridgehead atoms. The molecule has 1 aromatic carbocycles. The van der Waals surface area contributed by atoms with Crippen molar-refractivity contribution in [2.75, 3.05) is 12.3 Å². The summed E-state index contributed by atoms with van der Waals surface area (Å²) in [6.07, 6.45) is 0. The van der Waals surface area contributed by atoms with Gasteiger partial charge in [-0.25, -0.2) is 4.39 Å². The maximum absolute atomic E-state index is 13.2. The topological polar surface area (TPSA) is 20.3 Å². The number of carbonyl (C=O) groups is 1. The lowest BCUT2D eigenvalue weighted by atomic mass is 10.1. The molecule has 0 radical (unpaired) electrons. The largest absolute Gasteiger partial charge is 0.326 e. The number of nitrogens with zero attached hydrogens (tertiary/aromatic N) is 1. The zero-order valence-electron chi connectivity index (χ0n) is 10.0. The summed E-state index contributed by atoms with van der Waals surface area (Å²) in [5, 5.41) is -0.0272. The van der Waals surface area contributed by atoms with Crippen molar-refractivity contribution < 1.29 is 9.18 Å². The van der Waals surface area contributed by atoms with Crippen molar-refractivity contribution in [2.45, 2.75) is 19.2 Å². The van der Waals surface area contributed by atoms with Gasteiger partial charge in [0.1, 0.15) is 11.2 Å². The van der Waals surface area contributed by atoms with Crippen LogP contribution in [0.25, 0.3) is 0 Å². The quantitative estimate of drug-likeness (QED) is 0.807. The first-order chi connectivity index (χ1) is 8.09. The van der Waals surface area contributed by atoms with E-state index in [1.165, 1.54) is 12.1 Å². The van der Waals surface area contributed by atoms with E-state index >= 15 is 0 Å². The third kappa shape index (κ3) is 2.63.